The van der Waals surface area contributed by atoms with Gasteiger partial charge in [0.05, 0.1) is 19.2 Å². The standard InChI is InChI=1S/C16H17NO5S/c1-10-8-14(23-15(10)16(19)21-3)17-13(18)9-22-12-7-5-4-6-11(12)20-2/h4-8H,9H2,1-3H3,(H,17,18). The van der Waals surface area contributed by atoms with Crippen molar-refractivity contribution in [1.82, 2.24) is 0 Å². The van der Waals surface area contributed by atoms with E-state index in [-0.39, 0.29) is 12.5 Å². The van der Waals surface area contributed by atoms with E-state index in [1.165, 1.54) is 14.2 Å². The number of hydrogen-bond acceptors (Lipinski definition) is 6. The first-order valence-electron chi connectivity index (χ1n) is 6.79. The molecule has 122 valence electrons. The highest BCUT2D eigenvalue weighted by Crippen LogP contribution is 2.28. The minimum Gasteiger partial charge on any atom is -0.493 e. The lowest BCUT2D eigenvalue weighted by molar-refractivity contribution is -0.118. The Hall–Kier alpha value is -2.54. The van der Waals surface area contributed by atoms with Crippen molar-refractivity contribution < 1.29 is 23.8 Å². The van der Waals surface area contributed by atoms with Gasteiger partial charge in [-0.1, -0.05) is 12.1 Å². The van der Waals surface area contributed by atoms with Crippen LogP contribution in [0.25, 0.3) is 0 Å². The van der Waals surface area contributed by atoms with E-state index in [1.807, 2.05) is 6.07 Å². The Morgan fingerprint density at radius 1 is 1.17 bits per heavy atom. The minimum atomic E-state index is -0.418. The third kappa shape index (κ3) is 4.23. The largest absolute Gasteiger partial charge is 0.493 e. The van der Waals surface area contributed by atoms with E-state index in [4.69, 9.17) is 9.47 Å². The number of para-hydroxylation sites is 2. The summed E-state index contributed by atoms with van der Waals surface area (Å²) < 4.78 is 15.3. The molecule has 1 aromatic carbocycles. The van der Waals surface area contributed by atoms with E-state index in [1.54, 1.807) is 31.2 Å². The van der Waals surface area contributed by atoms with Crippen LogP contribution in [0, 0.1) is 6.92 Å². The Labute approximate surface area is 138 Å². The number of amides is 1. The van der Waals surface area contributed by atoms with Crippen LogP contribution in [0.4, 0.5) is 5.00 Å². The van der Waals surface area contributed by atoms with Gasteiger partial charge in [0.1, 0.15) is 4.88 Å². The Bertz CT molecular complexity index is 710. The maximum Gasteiger partial charge on any atom is 0.348 e. The maximum absolute atomic E-state index is 12.0. The molecule has 1 aromatic heterocycles. The van der Waals surface area contributed by atoms with Gasteiger partial charge < -0.3 is 19.5 Å². The summed E-state index contributed by atoms with van der Waals surface area (Å²) in [5, 5.41) is 3.26. The molecule has 2 rings (SSSR count). The quantitative estimate of drug-likeness (QED) is 0.822. The molecule has 0 aliphatic carbocycles. The van der Waals surface area contributed by atoms with Crippen molar-refractivity contribution in [3.8, 4) is 11.5 Å². The Morgan fingerprint density at radius 2 is 1.87 bits per heavy atom. The highest BCUT2D eigenvalue weighted by molar-refractivity contribution is 7.18. The monoisotopic (exact) mass is 335 g/mol. The van der Waals surface area contributed by atoms with E-state index < -0.39 is 5.97 Å². The number of thiophene rings is 1. The lowest BCUT2D eigenvalue weighted by atomic mass is 10.3. The van der Waals surface area contributed by atoms with Crippen LogP contribution in [0.5, 0.6) is 11.5 Å². The van der Waals surface area contributed by atoms with E-state index in [9.17, 15) is 9.59 Å². The van der Waals surface area contributed by atoms with Gasteiger partial charge in [0, 0.05) is 0 Å². The van der Waals surface area contributed by atoms with Gasteiger partial charge in [-0.2, -0.15) is 0 Å². The van der Waals surface area contributed by atoms with Gasteiger partial charge in [0.25, 0.3) is 5.91 Å². The van der Waals surface area contributed by atoms with Gasteiger partial charge in [-0.25, -0.2) is 4.79 Å². The first-order chi connectivity index (χ1) is 11.0. The first-order valence-corrected chi connectivity index (χ1v) is 7.61. The fourth-order valence-electron chi connectivity index (χ4n) is 1.89. The van der Waals surface area contributed by atoms with Crippen molar-refractivity contribution in [2.45, 2.75) is 6.92 Å². The Kier molecular flexibility index (Phi) is 5.59. The second kappa shape index (κ2) is 7.64. The van der Waals surface area contributed by atoms with Crippen molar-refractivity contribution in [3.63, 3.8) is 0 Å². The number of hydrogen-bond donors (Lipinski definition) is 1. The average Bonchev–Trinajstić information content (AvgIpc) is 2.92. The van der Waals surface area contributed by atoms with Gasteiger partial charge in [-0.15, -0.1) is 11.3 Å². The van der Waals surface area contributed by atoms with Gasteiger partial charge >= 0.3 is 5.97 Å². The molecule has 0 spiro atoms. The molecule has 6 nitrogen and oxygen atoms in total. The number of carbonyl (C=O) groups is 2. The Balaban J connectivity index is 1.96. The molecule has 0 atom stereocenters. The zero-order valence-electron chi connectivity index (χ0n) is 13.0. The summed E-state index contributed by atoms with van der Waals surface area (Å²) in [6, 6.07) is 8.79. The van der Waals surface area contributed by atoms with Crippen LogP contribution in [0.3, 0.4) is 0 Å². The summed E-state index contributed by atoms with van der Waals surface area (Å²) in [5.41, 5.74) is 0.753. The van der Waals surface area contributed by atoms with E-state index in [0.29, 0.717) is 21.4 Å². The number of esters is 1. The van der Waals surface area contributed by atoms with E-state index in [2.05, 4.69) is 10.1 Å². The van der Waals surface area contributed by atoms with Gasteiger partial charge in [-0.05, 0) is 30.7 Å². The maximum atomic E-state index is 12.0. The average molecular weight is 335 g/mol. The molecule has 2 aromatic rings. The zero-order valence-corrected chi connectivity index (χ0v) is 13.9. The normalized spacial score (nSPS) is 10.0. The topological polar surface area (TPSA) is 73.9 Å². The van der Waals surface area contributed by atoms with E-state index >= 15 is 0 Å². The molecule has 0 bridgehead atoms. The number of aryl methyl sites for hydroxylation is 1. The van der Waals surface area contributed by atoms with Crippen molar-refractivity contribution in [3.05, 3.63) is 40.8 Å². The van der Waals surface area contributed by atoms with E-state index in [0.717, 1.165) is 16.9 Å². The SMILES string of the molecule is COC(=O)c1sc(NC(=O)COc2ccccc2OC)cc1C. The second-order valence-corrected chi connectivity index (χ2v) is 5.65. The molecule has 0 fully saturated rings. The number of anilines is 1. The fourth-order valence-corrected chi connectivity index (χ4v) is 2.90. The van der Waals surface area contributed by atoms with Gasteiger partial charge in [0.15, 0.2) is 18.1 Å². The van der Waals surface area contributed by atoms with Crippen LogP contribution in [0.15, 0.2) is 30.3 Å². The molecular weight excluding hydrogens is 318 g/mol. The van der Waals surface area contributed by atoms with Crippen molar-refractivity contribution in [1.29, 1.82) is 0 Å². The van der Waals surface area contributed by atoms with Crippen LogP contribution in [0.1, 0.15) is 15.2 Å². The lowest BCUT2D eigenvalue weighted by Gasteiger charge is -2.09. The van der Waals surface area contributed by atoms with Gasteiger partial charge in [0.2, 0.25) is 0 Å². The Morgan fingerprint density at radius 3 is 2.52 bits per heavy atom. The molecule has 1 N–H and O–H groups in total. The lowest BCUT2D eigenvalue weighted by Crippen LogP contribution is -2.19. The van der Waals surface area contributed by atoms with Crippen LogP contribution in [-0.2, 0) is 9.53 Å². The number of nitrogens with one attached hydrogen (secondary N) is 1. The molecule has 0 unspecified atom stereocenters. The third-order valence-electron chi connectivity index (χ3n) is 2.98. The predicted molar refractivity (Wildman–Crippen MR) is 87.5 cm³/mol. The molecule has 0 saturated heterocycles. The number of methoxy groups -OCH3 is 2. The smallest absolute Gasteiger partial charge is 0.348 e. The van der Waals surface area contributed by atoms with Crippen LogP contribution >= 0.6 is 11.3 Å². The van der Waals surface area contributed by atoms with Crippen LogP contribution in [0.2, 0.25) is 0 Å². The number of ether oxygens (including phenoxy) is 3. The third-order valence-corrected chi connectivity index (χ3v) is 4.11. The van der Waals surface area contributed by atoms with Gasteiger partial charge in [-0.3, -0.25) is 4.79 Å². The number of rotatable bonds is 6. The molecule has 0 aliphatic rings. The molecule has 1 amide bonds. The summed E-state index contributed by atoms with van der Waals surface area (Å²) in [4.78, 5) is 24.0. The number of carbonyl (C=O) groups excluding carboxylic acids is 2. The summed E-state index contributed by atoms with van der Waals surface area (Å²) in [6.45, 7) is 1.62. The molecule has 1 heterocycles. The summed E-state index contributed by atoms with van der Waals surface area (Å²) in [6.07, 6.45) is 0. The van der Waals surface area contributed by atoms with Crippen LogP contribution < -0.4 is 14.8 Å². The summed E-state index contributed by atoms with van der Waals surface area (Å²) in [7, 11) is 2.85. The summed E-state index contributed by atoms with van der Waals surface area (Å²) >= 11 is 1.16. The van der Waals surface area contributed by atoms with Crippen molar-refractivity contribution in [2.75, 3.05) is 26.1 Å². The highest BCUT2D eigenvalue weighted by Gasteiger charge is 2.15. The molecule has 0 aliphatic heterocycles. The fraction of sp³-hybridized carbons (Fsp3) is 0.250. The minimum absolute atomic E-state index is 0.162. The zero-order chi connectivity index (χ0) is 16.8. The molecule has 7 heteroatoms. The summed E-state index contributed by atoms with van der Waals surface area (Å²) in [5.74, 6) is 0.301. The first kappa shape index (κ1) is 16.8. The molecule has 0 radical (unpaired) electrons. The predicted octanol–water partition coefficient (Wildman–Crippen LogP) is 2.87. The molecular formula is C16H17NO5S. The van der Waals surface area contributed by atoms with Crippen molar-refractivity contribution in [2.24, 2.45) is 0 Å². The molecule has 23 heavy (non-hydrogen) atoms. The van der Waals surface area contributed by atoms with Crippen molar-refractivity contribution >= 4 is 28.2 Å². The second-order valence-electron chi connectivity index (χ2n) is 4.60. The highest BCUT2D eigenvalue weighted by atomic mass is 32.1. The van der Waals surface area contributed by atoms with Crippen LogP contribution in [-0.4, -0.2) is 32.7 Å². The number of benzene rings is 1. The molecule has 0 saturated carbocycles.